The summed E-state index contributed by atoms with van der Waals surface area (Å²) in [5, 5.41) is 13.3. The number of alkyl halides is 1. The average molecular weight is 314 g/mol. The Bertz CT molecular complexity index is 465. The first kappa shape index (κ1) is 18.0. The van der Waals surface area contributed by atoms with Crippen LogP contribution >= 0.6 is 11.6 Å². The topological polar surface area (TPSA) is 58.6 Å². The summed E-state index contributed by atoms with van der Waals surface area (Å²) in [7, 11) is 1.60. The summed E-state index contributed by atoms with van der Waals surface area (Å²) in [6, 6.07) is 7.44. The van der Waals surface area contributed by atoms with Crippen LogP contribution in [0.4, 0.5) is 0 Å². The summed E-state index contributed by atoms with van der Waals surface area (Å²) in [5.41, 5.74) is -0.111. The molecule has 0 saturated carbocycles. The molecular weight excluding hydrogens is 290 g/mol. The first-order valence-corrected chi connectivity index (χ1v) is 7.61. The van der Waals surface area contributed by atoms with E-state index in [0.717, 1.165) is 11.3 Å². The molecule has 0 saturated heterocycles. The number of benzene rings is 1. The Morgan fingerprint density at radius 3 is 2.81 bits per heavy atom. The van der Waals surface area contributed by atoms with Crippen LogP contribution < -0.4 is 10.1 Å². The number of hydrogen-bond donors (Lipinski definition) is 2. The lowest BCUT2D eigenvalue weighted by atomic mass is 9.88. The van der Waals surface area contributed by atoms with Crippen LogP contribution in [0, 0.1) is 0 Å². The number of ether oxygens (including phenoxy) is 1. The van der Waals surface area contributed by atoms with Crippen LogP contribution in [-0.4, -0.2) is 36.5 Å². The summed E-state index contributed by atoms with van der Waals surface area (Å²) in [6.07, 6.45) is 1.10. The Kier molecular flexibility index (Phi) is 7.15. The molecule has 1 aromatic carbocycles. The van der Waals surface area contributed by atoms with Crippen LogP contribution in [0.3, 0.4) is 0 Å². The summed E-state index contributed by atoms with van der Waals surface area (Å²) >= 11 is 5.70. The minimum atomic E-state index is -0.933. The number of carbonyl (C=O) groups is 1. The van der Waals surface area contributed by atoms with Gasteiger partial charge in [-0.2, -0.15) is 0 Å². The molecule has 2 atom stereocenters. The van der Waals surface area contributed by atoms with E-state index in [1.807, 2.05) is 31.2 Å². The number of carbonyl (C=O) groups excluding carboxylic acids is 1. The van der Waals surface area contributed by atoms with Crippen LogP contribution in [-0.2, 0) is 10.4 Å². The van der Waals surface area contributed by atoms with Gasteiger partial charge < -0.3 is 15.2 Å². The number of hydrogen-bond acceptors (Lipinski definition) is 4. The molecule has 5 heteroatoms. The van der Waals surface area contributed by atoms with E-state index in [1.165, 1.54) is 0 Å². The van der Waals surface area contributed by atoms with Gasteiger partial charge in [-0.3, -0.25) is 4.79 Å². The number of halogens is 1. The summed E-state index contributed by atoms with van der Waals surface area (Å²) in [6.45, 7) is 4.36. The normalized spacial score (nSPS) is 15.3. The van der Waals surface area contributed by atoms with Crippen LogP contribution in [0.25, 0.3) is 0 Å². The van der Waals surface area contributed by atoms with Crippen molar-refractivity contribution in [2.75, 3.05) is 20.2 Å². The van der Waals surface area contributed by atoms with Gasteiger partial charge in [0.25, 0.3) is 0 Å². The predicted octanol–water partition coefficient (Wildman–Crippen LogP) is 2.47. The van der Waals surface area contributed by atoms with Crippen molar-refractivity contribution in [1.29, 1.82) is 0 Å². The Morgan fingerprint density at radius 2 is 2.24 bits per heavy atom. The summed E-state index contributed by atoms with van der Waals surface area (Å²) in [5.74, 6) is 0.677. The molecule has 0 bridgehead atoms. The molecule has 21 heavy (non-hydrogen) atoms. The minimum absolute atomic E-state index is 0.0434. The van der Waals surface area contributed by atoms with Crippen molar-refractivity contribution in [2.45, 2.75) is 37.7 Å². The van der Waals surface area contributed by atoms with Gasteiger partial charge in [0.1, 0.15) is 5.75 Å². The molecule has 118 valence electrons. The Balaban J connectivity index is 2.61. The highest BCUT2D eigenvalue weighted by atomic mass is 35.5. The first-order chi connectivity index (χ1) is 9.92. The number of Topliss-reactive ketones (excluding diaryl/α,β-unsaturated/α-hetero) is 1. The van der Waals surface area contributed by atoms with Crippen molar-refractivity contribution in [3.63, 3.8) is 0 Å². The minimum Gasteiger partial charge on any atom is -0.497 e. The van der Waals surface area contributed by atoms with E-state index in [0.29, 0.717) is 19.4 Å². The maximum Gasteiger partial charge on any atom is 0.164 e. The van der Waals surface area contributed by atoms with Crippen molar-refractivity contribution < 1.29 is 14.6 Å². The van der Waals surface area contributed by atoms with Gasteiger partial charge in [-0.1, -0.05) is 19.1 Å². The second-order valence-corrected chi connectivity index (χ2v) is 5.78. The molecule has 0 aliphatic rings. The summed E-state index contributed by atoms with van der Waals surface area (Å²) in [4.78, 5) is 11.4. The van der Waals surface area contributed by atoms with Crippen LogP contribution in [0.15, 0.2) is 24.3 Å². The van der Waals surface area contributed by atoms with Gasteiger partial charge in [-0.25, -0.2) is 0 Å². The van der Waals surface area contributed by atoms with E-state index in [9.17, 15) is 9.90 Å². The highest BCUT2D eigenvalue weighted by molar-refractivity contribution is 6.31. The lowest BCUT2D eigenvalue weighted by Gasteiger charge is -2.28. The quantitative estimate of drug-likeness (QED) is 0.543. The van der Waals surface area contributed by atoms with E-state index in [1.54, 1.807) is 14.0 Å². The molecule has 0 aliphatic heterocycles. The third-order valence-corrected chi connectivity index (χ3v) is 3.89. The maximum atomic E-state index is 11.4. The van der Waals surface area contributed by atoms with Crippen molar-refractivity contribution in [3.8, 4) is 5.75 Å². The average Bonchev–Trinajstić information content (AvgIpc) is 2.50. The van der Waals surface area contributed by atoms with Crippen LogP contribution in [0.2, 0.25) is 0 Å². The van der Waals surface area contributed by atoms with Crippen molar-refractivity contribution in [1.82, 2.24) is 5.32 Å². The molecule has 0 aromatic heterocycles. The SMILES string of the molecule is CCC(O)(CCNCC(=O)C(C)Cl)c1cccc(OC)c1. The molecule has 2 unspecified atom stereocenters. The zero-order chi connectivity index (χ0) is 15.9. The van der Waals surface area contributed by atoms with E-state index in [2.05, 4.69) is 5.32 Å². The second-order valence-electron chi connectivity index (χ2n) is 5.13. The molecule has 4 nitrogen and oxygen atoms in total. The smallest absolute Gasteiger partial charge is 0.164 e. The Labute approximate surface area is 131 Å². The zero-order valence-electron chi connectivity index (χ0n) is 12.9. The van der Waals surface area contributed by atoms with E-state index < -0.39 is 11.0 Å². The van der Waals surface area contributed by atoms with Gasteiger partial charge in [0.15, 0.2) is 5.78 Å². The predicted molar refractivity (Wildman–Crippen MR) is 85.0 cm³/mol. The molecule has 2 N–H and O–H groups in total. The molecule has 1 aromatic rings. The highest BCUT2D eigenvalue weighted by Gasteiger charge is 2.27. The lowest BCUT2D eigenvalue weighted by Crippen LogP contribution is -2.33. The first-order valence-electron chi connectivity index (χ1n) is 7.17. The number of rotatable bonds is 9. The highest BCUT2D eigenvalue weighted by Crippen LogP contribution is 2.30. The monoisotopic (exact) mass is 313 g/mol. The maximum absolute atomic E-state index is 11.4. The van der Waals surface area contributed by atoms with Crippen LogP contribution in [0.5, 0.6) is 5.75 Å². The van der Waals surface area contributed by atoms with Gasteiger partial charge in [-0.15, -0.1) is 11.6 Å². The number of nitrogens with one attached hydrogen (secondary N) is 1. The van der Waals surface area contributed by atoms with Gasteiger partial charge >= 0.3 is 0 Å². The van der Waals surface area contributed by atoms with Gasteiger partial charge in [0, 0.05) is 0 Å². The fraction of sp³-hybridized carbons (Fsp3) is 0.562. The fourth-order valence-electron chi connectivity index (χ4n) is 2.09. The zero-order valence-corrected chi connectivity index (χ0v) is 13.6. The fourth-order valence-corrected chi connectivity index (χ4v) is 2.16. The molecule has 0 aliphatic carbocycles. The molecule has 1 rings (SSSR count). The molecule has 0 heterocycles. The largest absolute Gasteiger partial charge is 0.497 e. The standard InChI is InChI=1S/C16H24ClNO3/c1-4-16(20,8-9-18-11-15(19)12(2)17)13-6-5-7-14(10-13)21-3/h5-7,10,12,18,20H,4,8-9,11H2,1-3H3. The van der Waals surface area contributed by atoms with Crippen molar-refractivity contribution in [3.05, 3.63) is 29.8 Å². The molecular formula is C16H24ClNO3. The Hall–Kier alpha value is -1.10. The van der Waals surface area contributed by atoms with E-state index in [-0.39, 0.29) is 12.3 Å². The number of methoxy groups -OCH3 is 1. The number of ketones is 1. The third kappa shape index (κ3) is 5.30. The molecule has 0 radical (unpaired) electrons. The lowest BCUT2D eigenvalue weighted by molar-refractivity contribution is -0.117. The van der Waals surface area contributed by atoms with Gasteiger partial charge in [0.05, 0.1) is 24.6 Å². The number of aliphatic hydroxyl groups is 1. The van der Waals surface area contributed by atoms with E-state index in [4.69, 9.17) is 16.3 Å². The van der Waals surface area contributed by atoms with Crippen molar-refractivity contribution in [2.24, 2.45) is 0 Å². The molecule has 0 amide bonds. The third-order valence-electron chi connectivity index (χ3n) is 3.65. The molecule has 0 spiro atoms. The summed E-state index contributed by atoms with van der Waals surface area (Å²) < 4.78 is 5.19. The van der Waals surface area contributed by atoms with Crippen molar-refractivity contribution >= 4 is 17.4 Å². The molecule has 0 fully saturated rings. The van der Waals surface area contributed by atoms with Gasteiger partial charge in [0.2, 0.25) is 0 Å². The van der Waals surface area contributed by atoms with Crippen LogP contribution in [0.1, 0.15) is 32.3 Å². The Morgan fingerprint density at radius 1 is 1.52 bits per heavy atom. The van der Waals surface area contributed by atoms with E-state index >= 15 is 0 Å². The van der Waals surface area contributed by atoms with Gasteiger partial charge in [-0.05, 0) is 44.0 Å². The second kappa shape index (κ2) is 8.37.